The maximum atomic E-state index is 12.7. The molecule has 1 heterocycles. The molecule has 2 rings (SSSR count). The topological polar surface area (TPSA) is 116 Å². The SMILES string of the molecule is CCOC(=O)C(C)(NC(=O)[C@H]1C[C@@H](O)CN1C(=O)O)c1ccc(Br)cc1. The summed E-state index contributed by atoms with van der Waals surface area (Å²) in [5.41, 5.74) is -1.00. The summed E-state index contributed by atoms with van der Waals surface area (Å²) in [5.74, 6) is -1.32. The van der Waals surface area contributed by atoms with Crippen molar-refractivity contribution in [3.8, 4) is 0 Å². The molecule has 0 saturated carbocycles. The van der Waals surface area contributed by atoms with E-state index < -0.39 is 35.7 Å². The average Bonchev–Trinajstić information content (AvgIpc) is 2.98. The zero-order valence-corrected chi connectivity index (χ0v) is 16.0. The smallest absolute Gasteiger partial charge is 0.408 e. The van der Waals surface area contributed by atoms with Crippen LogP contribution in [-0.4, -0.2) is 58.4 Å². The van der Waals surface area contributed by atoms with Crippen LogP contribution in [0.15, 0.2) is 28.7 Å². The number of hydrogen-bond donors (Lipinski definition) is 3. The molecule has 1 unspecified atom stereocenters. The maximum absolute atomic E-state index is 12.7. The lowest BCUT2D eigenvalue weighted by atomic mass is 9.91. The molecule has 3 N–H and O–H groups in total. The number of halogens is 1. The van der Waals surface area contributed by atoms with Gasteiger partial charge in [-0.15, -0.1) is 0 Å². The number of aliphatic hydroxyl groups excluding tert-OH is 1. The number of aliphatic hydroxyl groups is 1. The van der Waals surface area contributed by atoms with Crippen LogP contribution in [0.5, 0.6) is 0 Å². The Bertz CT molecular complexity index is 695. The van der Waals surface area contributed by atoms with Gasteiger partial charge < -0.3 is 20.3 Å². The number of β-amino-alcohol motifs (C(OH)–C–C–N with tert-alkyl or cyclic N) is 1. The molecule has 1 aliphatic rings. The number of carboxylic acid groups (broad SMARTS) is 1. The van der Waals surface area contributed by atoms with Crippen molar-refractivity contribution >= 4 is 33.9 Å². The summed E-state index contributed by atoms with van der Waals surface area (Å²) in [6.07, 6.45) is -2.26. The van der Waals surface area contributed by atoms with E-state index >= 15 is 0 Å². The summed E-state index contributed by atoms with van der Waals surface area (Å²) >= 11 is 3.31. The highest BCUT2D eigenvalue weighted by atomic mass is 79.9. The van der Waals surface area contributed by atoms with Gasteiger partial charge in [0.2, 0.25) is 5.91 Å². The molecule has 9 heteroatoms. The van der Waals surface area contributed by atoms with E-state index in [1.165, 1.54) is 6.92 Å². The summed E-state index contributed by atoms with van der Waals surface area (Å²) in [7, 11) is 0. The van der Waals surface area contributed by atoms with Gasteiger partial charge in [0, 0.05) is 10.9 Å². The number of ether oxygens (including phenoxy) is 1. The number of nitrogens with zero attached hydrogens (tertiary/aromatic N) is 1. The van der Waals surface area contributed by atoms with Crippen LogP contribution in [0.1, 0.15) is 25.8 Å². The Morgan fingerprint density at radius 2 is 1.96 bits per heavy atom. The zero-order chi connectivity index (χ0) is 19.5. The zero-order valence-electron chi connectivity index (χ0n) is 14.4. The summed E-state index contributed by atoms with van der Waals surface area (Å²) < 4.78 is 5.91. The molecule has 0 radical (unpaired) electrons. The normalized spacial score (nSPS) is 21.8. The number of likely N-dealkylation sites (tertiary alicyclic amines) is 1. The molecular formula is C17H21BrN2O6. The van der Waals surface area contributed by atoms with E-state index in [1.807, 2.05) is 0 Å². The van der Waals surface area contributed by atoms with Crippen LogP contribution in [0.2, 0.25) is 0 Å². The Labute approximate surface area is 159 Å². The van der Waals surface area contributed by atoms with Crippen LogP contribution in [0, 0.1) is 0 Å². The molecule has 3 atom stereocenters. The Balaban J connectivity index is 2.31. The molecule has 26 heavy (non-hydrogen) atoms. The van der Waals surface area contributed by atoms with Gasteiger partial charge in [-0.25, -0.2) is 9.59 Å². The molecular weight excluding hydrogens is 408 g/mol. The van der Waals surface area contributed by atoms with Crippen molar-refractivity contribution in [3.63, 3.8) is 0 Å². The third kappa shape index (κ3) is 4.16. The number of carbonyl (C=O) groups is 3. The third-order valence-electron chi connectivity index (χ3n) is 4.31. The fourth-order valence-electron chi connectivity index (χ4n) is 2.90. The van der Waals surface area contributed by atoms with Crippen molar-refractivity contribution in [2.45, 2.75) is 38.0 Å². The van der Waals surface area contributed by atoms with E-state index in [4.69, 9.17) is 4.74 Å². The van der Waals surface area contributed by atoms with Crippen molar-refractivity contribution in [2.75, 3.05) is 13.2 Å². The second kappa shape index (κ2) is 8.05. The molecule has 0 aromatic heterocycles. The number of carbonyl (C=O) groups excluding carboxylic acids is 2. The Morgan fingerprint density at radius 3 is 2.50 bits per heavy atom. The highest BCUT2D eigenvalue weighted by molar-refractivity contribution is 9.10. The first-order valence-corrected chi connectivity index (χ1v) is 8.91. The van der Waals surface area contributed by atoms with E-state index in [-0.39, 0.29) is 19.6 Å². The number of rotatable bonds is 5. The van der Waals surface area contributed by atoms with Crippen LogP contribution in [0.25, 0.3) is 0 Å². The minimum atomic E-state index is -1.49. The number of amides is 2. The summed E-state index contributed by atoms with van der Waals surface area (Å²) in [6.45, 7) is 3.13. The van der Waals surface area contributed by atoms with Gasteiger partial charge in [0.25, 0.3) is 0 Å². The molecule has 0 bridgehead atoms. The van der Waals surface area contributed by atoms with Crippen LogP contribution in [-0.2, 0) is 19.9 Å². The molecule has 0 aliphatic carbocycles. The number of hydrogen-bond acceptors (Lipinski definition) is 5. The quantitative estimate of drug-likeness (QED) is 0.611. The van der Waals surface area contributed by atoms with Crippen molar-refractivity contribution in [1.29, 1.82) is 0 Å². The molecule has 8 nitrogen and oxygen atoms in total. The Hall–Kier alpha value is -2.13. The van der Waals surface area contributed by atoms with Gasteiger partial charge in [-0.2, -0.15) is 0 Å². The molecule has 1 aromatic carbocycles. The first kappa shape index (κ1) is 20.2. The molecule has 142 valence electrons. The van der Waals surface area contributed by atoms with Gasteiger partial charge in [-0.3, -0.25) is 9.69 Å². The highest BCUT2D eigenvalue weighted by Gasteiger charge is 2.44. The molecule has 2 amide bonds. The lowest BCUT2D eigenvalue weighted by Gasteiger charge is -2.31. The molecule has 0 spiro atoms. The predicted octanol–water partition coefficient (Wildman–Crippen LogP) is 1.46. The van der Waals surface area contributed by atoms with Crippen molar-refractivity contribution in [3.05, 3.63) is 34.3 Å². The fraction of sp³-hybridized carbons (Fsp3) is 0.471. The monoisotopic (exact) mass is 428 g/mol. The van der Waals surface area contributed by atoms with Crippen molar-refractivity contribution in [1.82, 2.24) is 10.2 Å². The standard InChI is InChI=1S/C17H21BrN2O6/c1-3-26-15(23)17(2,10-4-6-11(18)7-5-10)19-14(22)13-8-12(21)9-20(13)16(24)25/h4-7,12-13,21H,3,8-9H2,1-2H3,(H,19,22)(H,24,25)/t12-,13-,17?/m1/s1. The van der Waals surface area contributed by atoms with Gasteiger partial charge in [-0.05, 0) is 31.5 Å². The average molecular weight is 429 g/mol. The third-order valence-corrected chi connectivity index (χ3v) is 4.83. The first-order chi connectivity index (χ1) is 12.2. The summed E-state index contributed by atoms with van der Waals surface area (Å²) in [5, 5.41) is 21.6. The van der Waals surface area contributed by atoms with E-state index in [0.717, 1.165) is 9.37 Å². The largest absolute Gasteiger partial charge is 0.465 e. The van der Waals surface area contributed by atoms with E-state index in [2.05, 4.69) is 21.2 Å². The molecule has 1 aromatic rings. The minimum Gasteiger partial charge on any atom is -0.465 e. The highest BCUT2D eigenvalue weighted by Crippen LogP contribution is 2.26. The number of esters is 1. The molecule has 1 saturated heterocycles. The second-order valence-corrected chi connectivity index (χ2v) is 7.10. The van der Waals surface area contributed by atoms with Gasteiger partial charge in [0.05, 0.1) is 19.3 Å². The van der Waals surface area contributed by atoms with Crippen LogP contribution < -0.4 is 5.32 Å². The van der Waals surface area contributed by atoms with E-state index in [0.29, 0.717) is 5.56 Å². The van der Waals surface area contributed by atoms with E-state index in [9.17, 15) is 24.6 Å². The second-order valence-electron chi connectivity index (χ2n) is 6.18. The Morgan fingerprint density at radius 1 is 1.35 bits per heavy atom. The minimum absolute atomic E-state index is 0.0304. The summed E-state index contributed by atoms with van der Waals surface area (Å²) in [4.78, 5) is 37.5. The Kier molecular flexibility index (Phi) is 6.25. The lowest BCUT2D eigenvalue weighted by Crippen LogP contribution is -2.55. The predicted molar refractivity (Wildman–Crippen MR) is 95.4 cm³/mol. The van der Waals surface area contributed by atoms with Gasteiger partial charge in [0.15, 0.2) is 5.54 Å². The molecule has 1 fully saturated rings. The van der Waals surface area contributed by atoms with Gasteiger partial charge in [0.1, 0.15) is 6.04 Å². The van der Waals surface area contributed by atoms with Crippen LogP contribution >= 0.6 is 15.9 Å². The van der Waals surface area contributed by atoms with Gasteiger partial charge >= 0.3 is 12.1 Å². The summed E-state index contributed by atoms with van der Waals surface area (Å²) in [6, 6.07) is 5.70. The maximum Gasteiger partial charge on any atom is 0.408 e. The van der Waals surface area contributed by atoms with Crippen LogP contribution in [0.3, 0.4) is 0 Å². The molecule has 1 aliphatic heterocycles. The number of benzene rings is 1. The number of nitrogens with one attached hydrogen (secondary N) is 1. The van der Waals surface area contributed by atoms with Crippen molar-refractivity contribution < 1.29 is 29.3 Å². The van der Waals surface area contributed by atoms with Crippen molar-refractivity contribution in [2.24, 2.45) is 0 Å². The van der Waals surface area contributed by atoms with Crippen LogP contribution in [0.4, 0.5) is 4.79 Å². The van der Waals surface area contributed by atoms with Gasteiger partial charge in [-0.1, -0.05) is 28.1 Å². The lowest BCUT2D eigenvalue weighted by molar-refractivity contribution is -0.153. The fourth-order valence-corrected chi connectivity index (χ4v) is 3.17. The first-order valence-electron chi connectivity index (χ1n) is 8.12. The van der Waals surface area contributed by atoms with E-state index in [1.54, 1.807) is 31.2 Å².